The first kappa shape index (κ1) is 30.5. The highest BCUT2D eigenvalue weighted by molar-refractivity contribution is 6.72. The van der Waals surface area contributed by atoms with E-state index in [-0.39, 0.29) is 37.4 Å². The van der Waals surface area contributed by atoms with Crippen molar-refractivity contribution in [2.75, 3.05) is 43.2 Å². The van der Waals surface area contributed by atoms with Crippen molar-refractivity contribution in [2.24, 2.45) is 5.92 Å². The number of benzene rings is 2. The number of aliphatic hydroxyl groups excluding tert-OH is 1. The topological polar surface area (TPSA) is 109 Å². The second-order valence-corrected chi connectivity index (χ2v) is 16.5. The van der Waals surface area contributed by atoms with Crippen LogP contribution in [0.1, 0.15) is 37.3 Å². The number of hydrogen-bond donors (Lipinski definition) is 1. The lowest BCUT2D eigenvalue weighted by atomic mass is 9.82. The highest BCUT2D eigenvalue weighted by atomic mass is 28.4. The summed E-state index contributed by atoms with van der Waals surface area (Å²) in [7, 11) is -1.92. The summed E-state index contributed by atoms with van der Waals surface area (Å²) in [6, 6.07) is 12.6. The zero-order valence-corrected chi connectivity index (χ0v) is 26.6. The largest absolute Gasteiger partial charge is 0.497 e. The molecule has 1 spiro atoms. The van der Waals surface area contributed by atoms with Crippen LogP contribution in [-0.2, 0) is 31.2 Å². The summed E-state index contributed by atoms with van der Waals surface area (Å²) in [6.45, 7) is 6.47. The van der Waals surface area contributed by atoms with Gasteiger partial charge in [-0.1, -0.05) is 19.1 Å². The van der Waals surface area contributed by atoms with Crippen molar-refractivity contribution in [1.29, 1.82) is 0 Å². The Kier molecular flexibility index (Phi) is 7.96. The van der Waals surface area contributed by atoms with Gasteiger partial charge in [0.2, 0.25) is 14.3 Å². The van der Waals surface area contributed by atoms with Crippen LogP contribution in [0.4, 0.5) is 20.3 Å². The fourth-order valence-electron chi connectivity index (χ4n) is 7.79. The maximum absolute atomic E-state index is 16.2. The number of anilines is 2. The number of ether oxygens (including phenoxy) is 3. The molecule has 6 rings (SSSR count). The summed E-state index contributed by atoms with van der Waals surface area (Å²) < 4.78 is 33.6. The summed E-state index contributed by atoms with van der Waals surface area (Å²) in [5.41, 5.74) is 0.576. The first-order valence-electron chi connectivity index (χ1n) is 15.3. The maximum atomic E-state index is 16.2. The number of rotatable bonds is 8. The van der Waals surface area contributed by atoms with E-state index in [4.69, 9.17) is 14.2 Å². The number of halogens is 1. The molecule has 1 N–H and O–H groups in total. The molecule has 4 aliphatic heterocycles. The Bertz CT molecular complexity index is 1470. The summed E-state index contributed by atoms with van der Waals surface area (Å²) in [5.74, 6) is -0.525. The zero-order chi connectivity index (χ0) is 31.4. The van der Waals surface area contributed by atoms with E-state index in [9.17, 15) is 19.5 Å². The second-order valence-electron chi connectivity index (χ2n) is 12.8. The van der Waals surface area contributed by atoms with Crippen molar-refractivity contribution in [3.63, 3.8) is 0 Å². The van der Waals surface area contributed by atoms with E-state index in [0.717, 1.165) is 18.4 Å². The van der Waals surface area contributed by atoms with Crippen molar-refractivity contribution >= 4 is 37.7 Å². The number of carbonyl (C=O) groups is 3. The van der Waals surface area contributed by atoms with Crippen LogP contribution in [0.15, 0.2) is 42.5 Å². The smallest absolute Gasteiger partial charge is 0.414 e. The number of fused-ring (bicyclic) bond motifs is 2. The molecule has 3 fully saturated rings. The Hall–Kier alpha value is -3.48. The third kappa shape index (κ3) is 4.96. The van der Waals surface area contributed by atoms with Crippen molar-refractivity contribution in [2.45, 2.75) is 69.1 Å². The van der Waals surface area contributed by atoms with Crippen molar-refractivity contribution < 1.29 is 37.8 Å². The van der Waals surface area contributed by atoms with E-state index in [1.165, 1.54) is 0 Å². The predicted octanol–water partition coefficient (Wildman–Crippen LogP) is 4.35. The molecular weight excluding hydrogens is 585 g/mol. The van der Waals surface area contributed by atoms with Crippen LogP contribution >= 0.6 is 0 Å². The van der Waals surface area contributed by atoms with Crippen LogP contribution in [-0.4, -0.2) is 81.9 Å². The molecule has 3 saturated heterocycles. The number of aliphatic hydroxyl groups is 1. The van der Waals surface area contributed by atoms with E-state index in [1.54, 1.807) is 47.0 Å². The highest BCUT2D eigenvalue weighted by Gasteiger charge is 2.67. The molecule has 4 heterocycles. The van der Waals surface area contributed by atoms with Crippen molar-refractivity contribution in [3.05, 3.63) is 53.6 Å². The summed E-state index contributed by atoms with van der Waals surface area (Å²) in [4.78, 5) is 45.3. The summed E-state index contributed by atoms with van der Waals surface area (Å²) in [5, 5.41) is 9.81. The minimum Gasteiger partial charge on any atom is -0.497 e. The molecule has 10 nitrogen and oxygen atoms in total. The summed E-state index contributed by atoms with van der Waals surface area (Å²) >= 11 is 0. The molecular formula is C32H40FN3O7Si. The lowest BCUT2D eigenvalue weighted by Gasteiger charge is -2.31. The number of methoxy groups -OCH3 is 1. The molecule has 5 atom stereocenters. The quantitative estimate of drug-likeness (QED) is 0.343. The number of carbonyl (C=O) groups excluding carboxylic acids is 3. The molecule has 3 amide bonds. The molecule has 0 bridgehead atoms. The van der Waals surface area contributed by atoms with Crippen LogP contribution < -0.4 is 14.5 Å². The van der Waals surface area contributed by atoms with E-state index in [1.807, 2.05) is 37.3 Å². The maximum Gasteiger partial charge on any atom is 0.414 e. The molecule has 0 unspecified atom stereocenters. The number of amides is 3. The van der Waals surface area contributed by atoms with Gasteiger partial charge in [0.25, 0.3) is 5.91 Å². The zero-order valence-electron chi connectivity index (χ0n) is 25.6. The first-order valence-corrected chi connectivity index (χ1v) is 18.3. The molecule has 2 aromatic rings. The number of cyclic esters (lactones) is 1. The van der Waals surface area contributed by atoms with Crippen LogP contribution in [0, 0.1) is 5.92 Å². The lowest BCUT2D eigenvalue weighted by Crippen LogP contribution is -2.45. The van der Waals surface area contributed by atoms with Gasteiger partial charge in [-0.15, -0.1) is 0 Å². The average Bonchev–Trinajstić information content (AvgIpc) is 3.76. The Balaban J connectivity index is 1.37. The molecule has 12 heteroatoms. The fourth-order valence-corrected chi connectivity index (χ4v) is 10.3. The van der Waals surface area contributed by atoms with E-state index < -0.39 is 37.7 Å². The molecule has 236 valence electrons. The minimum absolute atomic E-state index is 0.0613. The molecule has 0 aliphatic carbocycles. The molecule has 0 radical (unpaired) electrons. The van der Waals surface area contributed by atoms with Crippen molar-refractivity contribution in [1.82, 2.24) is 4.90 Å². The van der Waals surface area contributed by atoms with Gasteiger partial charge < -0.3 is 33.2 Å². The van der Waals surface area contributed by atoms with Crippen LogP contribution in [0.25, 0.3) is 0 Å². The van der Waals surface area contributed by atoms with Gasteiger partial charge in [0.05, 0.1) is 51.1 Å². The average molecular weight is 626 g/mol. The standard InChI is InChI=1S/C32H40FN3O7Si/c1-20-29(44(3,4)33)27(17-28(38)34-12-6-9-23(34)19-37)43-32(20)25-16-24(41-2)10-11-26(25)36(30(32)39)18-21-7-5-8-22(15-21)35-13-14-42-31(35)40/h5,7-8,10-11,15-16,20,23,27,29,37H,6,9,12-14,17-19H2,1-4H3/t20-,23+,27+,29-,32+/m1/s1. The van der Waals surface area contributed by atoms with Gasteiger partial charge in [0, 0.05) is 29.3 Å². The lowest BCUT2D eigenvalue weighted by molar-refractivity contribution is -0.150. The van der Waals surface area contributed by atoms with E-state index >= 15 is 4.11 Å². The highest BCUT2D eigenvalue weighted by Crippen LogP contribution is 2.60. The van der Waals surface area contributed by atoms with Gasteiger partial charge in [-0.25, -0.2) is 4.79 Å². The Morgan fingerprint density at radius 1 is 1.18 bits per heavy atom. The van der Waals surface area contributed by atoms with Gasteiger partial charge in [0.1, 0.15) is 12.4 Å². The molecule has 4 aliphatic rings. The second kappa shape index (κ2) is 11.5. The van der Waals surface area contributed by atoms with Gasteiger partial charge in [-0.05, 0) is 61.8 Å². The third-order valence-corrected chi connectivity index (χ3v) is 12.2. The van der Waals surface area contributed by atoms with E-state index in [0.29, 0.717) is 42.4 Å². The van der Waals surface area contributed by atoms with Gasteiger partial charge >= 0.3 is 6.09 Å². The Morgan fingerprint density at radius 2 is 1.98 bits per heavy atom. The van der Waals surface area contributed by atoms with Gasteiger partial charge in [0.15, 0.2) is 5.60 Å². The van der Waals surface area contributed by atoms with Crippen molar-refractivity contribution in [3.8, 4) is 5.75 Å². The van der Waals surface area contributed by atoms with E-state index in [2.05, 4.69) is 0 Å². The number of nitrogens with zero attached hydrogens (tertiary/aromatic N) is 3. The Morgan fingerprint density at radius 3 is 2.66 bits per heavy atom. The summed E-state index contributed by atoms with van der Waals surface area (Å²) in [6.07, 6.45) is 0.246. The fraction of sp³-hybridized carbons (Fsp3) is 0.531. The normalized spacial score (nSPS) is 28.3. The number of likely N-dealkylation sites (tertiary alicyclic amines) is 1. The van der Waals surface area contributed by atoms with Gasteiger partial charge in [-0.3, -0.25) is 14.5 Å². The third-order valence-electron chi connectivity index (χ3n) is 9.78. The SMILES string of the molecule is COc1ccc2c(c1)[C@]1(O[C@@H](CC(=O)N3CCC[C@H]3CO)[C@H]([Si](C)(C)F)[C@H]1C)C(=O)N2Cc1cccc(N2CCOC2=O)c1. The van der Waals surface area contributed by atoms with Crippen LogP contribution in [0.2, 0.25) is 18.6 Å². The van der Waals surface area contributed by atoms with Crippen LogP contribution in [0.5, 0.6) is 5.75 Å². The molecule has 0 saturated carbocycles. The first-order chi connectivity index (χ1) is 21.0. The molecule has 0 aromatic heterocycles. The Labute approximate surface area is 257 Å². The minimum atomic E-state index is -3.47. The van der Waals surface area contributed by atoms with Crippen LogP contribution in [0.3, 0.4) is 0 Å². The van der Waals surface area contributed by atoms with Gasteiger partial charge in [-0.2, -0.15) is 0 Å². The molecule has 2 aromatic carbocycles. The predicted molar refractivity (Wildman–Crippen MR) is 164 cm³/mol. The number of hydrogen-bond acceptors (Lipinski definition) is 7. The monoisotopic (exact) mass is 625 g/mol. The molecule has 44 heavy (non-hydrogen) atoms.